The van der Waals surface area contributed by atoms with E-state index in [0.29, 0.717) is 6.04 Å². The van der Waals surface area contributed by atoms with E-state index >= 15 is 0 Å². The van der Waals surface area contributed by atoms with Crippen molar-refractivity contribution >= 4 is 10.8 Å². The lowest BCUT2D eigenvalue weighted by atomic mass is 9.91. The van der Waals surface area contributed by atoms with Gasteiger partial charge < -0.3 is 5.32 Å². The van der Waals surface area contributed by atoms with E-state index in [4.69, 9.17) is 0 Å². The summed E-state index contributed by atoms with van der Waals surface area (Å²) in [5, 5.41) is 6.37. The van der Waals surface area contributed by atoms with E-state index in [-0.39, 0.29) is 0 Å². The molecule has 0 aliphatic carbocycles. The number of benzene rings is 2. The Morgan fingerprint density at radius 1 is 0.905 bits per heavy atom. The smallest absolute Gasteiger partial charge is 0.0110 e. The molecular weight excluding hydrogens is 254 g/mol. The number of fused-ring (bicyclic) bond motifs is 1. The number of nitrogens with one attached hydrogen (secondary N) is 1. The van der Waals surface area contributed by atoms with Crippen molar-refractivity contribution in [3.63, 3.8) is 0 Å². The van der Waals surface area contributed by atoms with Gasteiger partial charge in [0, 0.05) is 6.04 Å². The fraction of sp³-hybridized carbons (Fsp3) is 0.500. The molecule has 2 aromatic carbocycles. The largest absolute Gasteiger partial charge is 0.314 e. The topological polar surface area (TPSA) is 12.0 Å². The molecule has 21 heavy (non-hydrogen) atoms. The maximum atomic E-state index is 3.68. The molecule has 0 amide bonds. The van der Waals surface area contributed by atoms with Crippen LogP contribution in [0.25, 0.3) is 10.8 Å². The van der Waals surface area contributed by atoms with Gasteiger partial charge in [0.2, 0.25) is 0 Å². The van der Waals surface area contributed by atoms with Crippen LogP contribution in [0.4, 0.5) is 0 Å². The first kappa shape index (κ1) is 16.0. The minimum Gasteiger partial charge on any atom is -0.314 e. The molecule has 0 aromatic heterocycles. The molecule has 2 aromatic rings. The summed E-state index contributed by atoms with van der Waals surface area (Å²) in [4.78, 5) is 0. The summed E-state index contributed by atoms with van der Waals surface area (Å²) >= 11 is 0. The van der Waals surface area contributed by atoms with Crippen molar-refractivity contribution in [3.8, 4) is 0 Å². The van der Waals surface area contributed by atoms with E-state index in [1.54, 1.807) is 0 Å². The third-order valence-electron chi connectivity index (χ3n) is 4.56. The molecule has 0 aliphatic heterocycles. The molecule has 0 spiro atoms. The normalized spacial score (nSPS) is 13.0. The molecule has 1 heteroatoms. The van der Waals surface area contributed by atoms with Crippen molar-refractivity contribution in [2.45, 2.75) is 52.5 Å². The number of hydrogen-bond donors (Lipinski definition) is 1. The van der Waals surface area contributed by atoms with Crippen LogP contribution in [0.15, 0.2) is 42.5 Å². The minimum atomic E-state index is 0.598. The summed E-state index contributed by atoms with van der Waals surface area (Å²) in [5.74, 6) is 0.842. The summed E-state index contributed by atoms with van der Waals surface area (Å²) < 4.78 is 0. The van der Waals surface area contributed by atoms with Gasteiger partial charge in [-0.05, 0) is 41.6 Å². The van der Waals surface area contributed by atoms with Crippen LogP contribution in [0.5, 0.6) is 0 Å². The summed E-state index contributed by atoms with van der Waals surface area (Å²) in [6, 6.07) is 16.1. The summed E-state index contributed by atoms with van der Waals surface area (Å²) in [7, 11) is 0. The third-order valence-corrected chi connectivity index (χ3v) is 4.56. The molecule has 1 N–H and O–H groups in total. The molecule has 0 radical (unpaired) electrons. The Bertz CT molecular complexity index is 542. The molecule has 114 valence electrons. The standard InChI is InChI=1S/C20H29N/c1-4-16(5-2)14-20(21-6-3)15-17-11-12-18-9-7-8-10-19(18)13-17/h7-13,16,20-21H,4-6,14-15H2,1-3H3. The van der Waals surface area contributed by atoms with E-state index in [1.165, 1.54) is 35.6 Å². The maximum absolute atomic E-state index is 3.68. The van der Waals surface area contributed by atoms with Crippen LogP contribution in [0.2, 0.25) is 0 Å². The zero-order chi connectivity index (χ0) is 15.1. The Morgan fingerprint density at radius 3 is 2.29 bits per heavy atom. The summed E-state index contributed by atoms with van der Waals surface area (Å²) in [6.07, 6.45) is 5.00. The SMILES string of the molecule is CCNC(Cc1ccc2ccccc2c1)CC(CC)CC. The predicted octanol–water partition coefficient (Wildman–Crippen LogP) is 5.19. The van der Waals surface area contributed by atoms with Gasteiger partial charge in [0.05, 0.1) is 0 Å². The lowest BCUT2D eigenvalue weighted by Gasteiger charge is -2.23. The first-order valence-corrected chi connectivity index (χ1v) is 8.47. The molecule has 0 bridgehead atoms. The lowest BCUT2D eigenvalue weighted by Crippen LogP contribution is -2.33. The molecule has 0 heterocycles. The van der Waals surface area contributed by atoms with Crippen LogP contribution in [-0.2, 0) is 6.42 Å². The second-order valence-corrected chi connectivity index (χ2v) is 6.06. The first-order valence-electron chi connectivity index (χ1n) is 8.47. The zero-order valence-electron chi connectivity index (χ0n) is 13.7. The maximum Gasteiger partial charge on any atom is 0.0110 e. The molecule has 0 aliphatic rings. The Balaban J connectivity index is 2.10. The number of likely N-dealkylation sites (N-methyl/N-ethyl adjacent to an activating group) is 1. The van der Waals surface area contributed by atoms with Crippen LogP contribution in [0.1, 0.15) is 45.6 Å². The molecule has 0 saturated heterocycles. The van der Waals surface area contributed by atoms with Gasteiger partial charge in [-0.3, -0.25) is 0 Å². The van der Waals surface area contributed by atoms with Gasteiger partial charge in [0.25, 0.3) is 0 Å². The number of rotatable bonds is 8. The Kier molecular flexibility index (Phi) is 6.25. The molecular formula is C20H29N. The molecule has 1 atom stereocenters. The third kappa shape index (κ3) is 4.57. The average molecular weight is 283 g/mol. The van der Waals surface area contributed by atoms with E-state index in [0.717, 1.165) is 18.9 Å². The summed E-state index contributed by atoms with van der Waals surface area (Å²) in [6.45, 7) is 7.89. The second kappa shape index (κ2) is 8.19. The quantitative estimate of drug-likeness (QED) is 0.703. The second-order valence-electron chi connectivity index (χ2n) is 6.06. The van der Waals surface area contributed by atoms with Crippen molar-refractivity contribution in [3.05, 3.63) is 48.0 Å². The van der Waals surface area contributed by atoms with E-state index in [2.05, 4.69) is 68.6 Å². The van der Waals surface area contributed by atoms with Gasteiger partial charge in [-0.2, -0.15) is 0 Å². The number of hydrogen-bond acceptors (Lipinski definition) is 1. The van der Waals surface area contributed by atoms with E-state index in [9.17, 15) is 0 Å². The van der Waals surface area contributed by atoms with Crippen molar-refractivity contribution in [2.24, 2.45) is 5.92 Å². The fourth-order valence-corrected chi connectivity index (χ4v) is 3.20. The Labute approximate surface area is 129 Å². The highest BCUT2D eigenvalue weighted by Crippen LogP contribution is 2.20. The van der Waals surface area contributed by atoms with Gasteiger partial charge in [-0.25, -0.2) is 0 Å². The molecule has 0 saturated carbocycles. The van der Waals surface area contributed by atoms with Gasteiger partial charge in [-0.15, -0.1) is 0 Å². The molecule has 2 rings (SSSR count). The van der Waals surface area contributed by atoms with Gasteiger partial charge in [0.1, 0.15) is 0 Å². The van der Waals surface area contributed by atoms with E-state index < -0.39 is 0 Å². The van der Waals surface area contributed by atoms with Gasteiger partial charge in [-0.1, -0.05) is 76.1 Å². The highest BCUT2D eigenvalue weighted by Gasteiger charge is 2.14. The van der Waals surface area contributed by atoms with Crippen LogP contribution in [0, 0.1) is 5.92 Å². The predicted molar refractivity (Wildman–Crippen MR) is 93.8 cm³/mol. The minimum absolute atomic E-state index is 0.598. The van der Waals surface area contributed by atoms with Crippen LogP contribution in [0.3, 0.4) is 0 Å². The molecule has 1 unspecified atom stereocenters. The van der Waals surface area contributed by atoms with Gasteiger partial charge >= 0.3 is 0 Å². The van der Waals surface area contributed by atoms with Crippen LogP contribution >= 0.6 is 0 Å². The summed E-state index contributed by atoms with van der Waals surface area (Å²) in [5.41, 5.74) is 1.45. The highest BCUT2D eigenvalue weighted by molar-refractivity contribution is 5.82. The first-order chi connectivity index (χ1) is 10.3. The van der Waals surface area contributed by atoms with Crippen molar-refractivity contribution < 1.29 is 0 Å². The lowest BCUT2D eigenvalue weighted by molar-refractivity contribution is 0.367. The average Bonchev–Trinajstić information content (AvgIpc) is 2.52. The van der Waals surface area contributed by atoms with Crippen molar-refractivity contribution in [2.75, 3.05) is 6.54 Å². The molecule has 1 nitrogen and oxygen atoms in total. The van der Waals surface area contributed by atoms with Crippen molar-refractivity contribution in [1.82, 2.24) is 5.32 Å². The van der Waals surface area contributed by atoms with Crippen LogP contribution < -0.4 is 5.32 Å². The monoisotopic (exact) mass is 283 g/mol. The van der Waals surface area contributed by atoms with Gasteiger partial charge in [0.15, 0.2) is 0 Å². The van der Waals surface area contributed by atoms with Crippen LogP contribution in [-0.4, -0.2) is 12.6 Å². The Morgan fingerprint density at radius 2 is 1.62 bits per heavy atom. The highest BCUT2D eigenvalue weighted by atomic mass is 14.9. The zero-order valence-corrected chi connectivity index (χ0v) is 13.7. The van der Waals surface area contributed by atoms with Crippen molar-refractivity contribution in [1.29, 1.82) is 0 Å². The Hall–Kier alpha value is -1.34. The fourth-order valence-electron chi connectivity index (χ4n) is 3.20. The van der Waals surface area contributed by atoms with E-state index in [1.807, 2.05) is 0 Å². The molecule has 0 fully saturated rings.